The molecule has 0 spiro atoms. The van der Waals surface area contributed by atoms with Gasteiger partial charge in [-0.15, -0.1) is 0 Å². The molecule has 0 heterocycles. The Morgan fingerprint density at radius 2 is 1.79 bits per heavy atom. The Hall–Kier alpha value is -1.56. The molecule has 3 nitrogen and oxygen atoms in total. The fourth-order valence-electron chi connectivity index (χ4n) is 1.61. The zero-order chi connectivity index (χ0) is 14.6. The second kappa shape index (κ2) is 6.06. The van der Waals surface area contributed by atoms with Gasteiger partial charge in [0.1, 0.15) is 0 Å². The lowest BCUT2D eigenvalue weighted by Crippen LogP contribution is -2.43. The molecule has 0 aliphatic carbocycles. The number of hydrogen-bond donors (Lipinski definition) is 2. The topological polar surface area (TPSA) is 55.1 Å². The number of nitrogens with one attached hydrogen (secondary N) is 1. The van der Waals surface area contributed by atoms with Gasteiger partial charge in [0.15, 0.2) is 0 Å². The van der Waals surface area contributed by atoms with Crippen LogP contribution >= 0.6 is 0 Å². The van der Waals surface area contributed by atoms with Crippen LogP contribution in [0.25, 0.3) is 0 Å². The average Bonchev–Trinajstić information content (AvgIpc) is 2.28. The van der Waals surface area contributed by atoms with Crippen LogP contribution in [0.4, 0.5) is 13.2 Å². The molecule has 6 heteroatoms. The molecule has 1 unspecified atom stereocenters. The number of carbonyl (C=O) groups excluding carboxylic acids is 1. The summed E-state index contributed by atoms with van der Waals surface area (Å²) in [7, 11) is 0. The quantitative estimate of drug-likeness (QED) is 0.883. The molecule has 106 valence electrons. The van der Waals surface area contributed by atoms with Crippen LogP contribution in [-0.4, -0.2) is 18.0 Å². The van der Waals surface area contributed by atoms with Crippen molar-refractivity contribution in [1.29, 1.82) is 0 Å². The van der Waals surface area contributed by atoms with Crippen LogP contribution in [0.5, 0.6) is 0 Å². The first-order valence-electron chi connectivity index (χ1n) is 5.92. The van der Waals surface area contributed by atoms with Gasteiger partial charge >= 0.3 is 6.18 Å². The Morgan fingerprint density at radius 1 is 1.26 bits per heavy atom. The van der Waals surface area contributed by atoms with Gasteiger partial charge < -0.3 is 11.1 Å². The molecule has 2 atom stereocenters. The van der Waals surface area contributed by atoms with Crippen molar-refractivity contribution in [2.45, 2.75) is 38.5 Å². The number of carbonyl (C=O) groups is 1. The van der Waals surface area contributed by atoms with E-state index in [1.54, 1.807) is 13.8 Å². The molecule has 0 saturated heterocycles. The molecule has 1 aromatic carbocycles. The van der Waals surface area contributed by atoms with Crippen molar-refractivity contribution < 1.29 is 18.0 Å². The first kappa shape index (κ1) is 15.5. The third-order valence-electron chi connectivity index (χ3n) is 2.63. The fourth-order valence-corrected chi connectivity index (χ4v) is 1.61. The van der Waals surface area contributed by atoms with E-state index in [-0.39, 0.29) is 11.9 Å². The van der Waals surface area contributed by atoms with Crippen LogP contribution in [0.15, 0.2) is 24.3 Å². The highest BCUT2D eigenvalue weighted by molar-refractivity contribution is 5.81. The van der Waals surface area contributed by atoms with Gasteiger partial charge in [-0.05, 0) is 38.0 Å². The Labute approximate surface area is 110 Å². The van der Waals surface area contributed by atoms with Gasteiger partial charge in [0.2, 0.25) is 5.91 Å². The van der Waals surface area contributed by atoms with E-state index in [1.165, 1.54) is 12.1 Å². The summed E-state index contributed by atoms with van der Waals surface area (Å²) in [5, 5.41) is 2.69. The number of hydrogen-bond acceptors (Lipinski definition) is 2. The molecule has 0 bridgehead atoms. The van der Waals surface area contributed by atoms with Crippen LogP contribution in [-0.2, 0) is 17.4 Å². The third kappa shape index (κ3) is 4.90. The SMILES string of the molecule is CC(Cc1ccc(C(F)(F)F)cc1)NC(=O)[C@H](C)N. The summed E-state index contributed by atoms with van der Waals surface area (Å²) in [5.74, 6) is -0.278. The maximum Gasteiger partial charge on any atom is 0.416 e. The van der Waals surface area contributed by atoms with Crippen molar-refractivity contribution in [3.05, 3.63) is 35.4 Å². The van der Waals surface area contributed by atoms with Crippen molar-refractivity contribution in [3.8, 4) is 0 Å². The highest BCUT2D eigenvalue weighted by Gasteiger charge is 2.29. The van der Waals surface area contributed by atoms with Crippen LogP contribution < -0.4 is 11.1 Å². The highest BCUT2D eigenvalue weighted by Crippen LogP contribution is 2.29. The van der Waals surface area contributed by atoms with Gasteiger partial charge in [0, 0.05) is 6.04 Å². The summed E-state index contributed by atoms with van der Waals surface area (Å²) in [6, 6.07) is 4.12. The van der Waals surface area contributed by atoms with Crippen LogP contribution in [0.2, 0.25) is 0 Å². The number of rotatable bonds is 4. The Balaban J connectivity index is 2.61. The molecule has 0 fully saturated rings. The Morgan fingerprint density at radius 3 is 2.21 bits per heavy atom. The molecule has 3 N–H and O–H groups in total. The minimum atomic E-state index is -4.33. The summed E-state index contributed by atoms with van der Waals surface area (Å²) in [4.78, 5) is 11.3. The predicted octanol–water partition coefficient (Wildman–Crippen LogP) is 2.10. The van der Waals surface area contributed by atoms with Crippen LogP contribution in [0.1, 0.15) is 25.0 Å². The van der Waals surface area contributed by atoms with E-state index in [1.807, 2.05) is 0 Å². The van der Waals surface area contributed by atoms with E-state index in [2.05, 4.69) is 5.32 Å². The van der Waals surface area contributed by atoms with Crippen molar-refractivity contribution in [1.82, 2.24) is 5.32 Å². The van der Waals surface area contributed by atoms with E-state index in [0.717, 1.165) is 17.7 Å². The summed E-state index contributed by atoms with van der Waals surface area (Å²) in [5.41, 5.74) is 5.46. The monoisotopic (exact) mass is 274 g/mol. The molecule has 0 saturated carbocycles. The van der Waals surface area contributed by atoms with Gasteiger partial charge in [0.05, 0.1) is 11.6 Å². The first-order valence-corrected chi connectivity index (χ1v) is 5.92. The third-order valence-corrected chi connectivity index (χ3v) is 2.63. The van der Waals surface area contributed by atoms with Gasteiger partial charge in [-0.1, -0.05) is 12.1 Å². The molecular formula is C13H17F3N2O. The maximum absolute atomic E-state index is 12.4. The predicted molar refractivity (Wildman–Crippen MR) is 66.4 cm³/mol. The lowest BCUT2D eigenvalue weighted by atomic mass is 10.0. The zero-order valence-corrected chi connectivity index (χ0v) is 10.8. The van der Waals surface area contributed by atoms with Gasteiger partial charge in [0.25, 0.3) is 0 Å². The molecular weight excluding hydrogens is 257 g/mol. The van der Waals surface area contributed by atoms with E-state index < -0.39 is 17.8 Å². The van der Waals surface area contributed by atoms with E-state index in [0.29, 0.717) is 6.42 Å². The Bertz CT molecular complexity index is 427. The van der Waals surface area contributed by atoms with Crippen molar-refractivity contribution in [2.75, 3.05) is 0 Å². The van der Waals surface area contributed by atoms with E-state index in [9.17, 15) is 18.0 Å². The molecule has 0 aromatic heterocycles. The summed E-state index contributed by atoms with van der Waals surface area (Å²) < 4.78 is 37.1. The van der Waals surface area contributed by atoms with Gasteiger partial charge in [-0.25, -0.2) is 0 Å². The lowest BCUT2D eigenvalue weighted by molar-refractivity contribution is -0.137. The molecule has 0 aliphatic heterocycles. The van der Waals surface area contributed by atoms with E-state index >= 15 is 0 Å². The number of benzene rings is 1. The summed E-state index contributed by atoms with van der Waals surface area (Å²) in [6.45, 7) is 3.35. The minimum Gasteiger partial charge on any atom is -0.352 e. The number of alkyl halides is 3. The fraction of sp³-hybridized carbons (Fsp3) is 0.462. The van der Waals surface area contributed by atoms with Crippen molar-refractivity contribution >= 4 is 5.91 Å². The molecule has 1 amide bonds. The van der Waals surface area contributed by atoms with E-state index in [4.69, 9.17) is 5.73 Å². The lowest BCUT2D eigenvalue weighted by Gasteiger charge is -2.16. The Kier molecular flexibility index (Phi) is 4.94. The molecule has 19 heavy (non-hydrogen) atoms. The number of nitrogens with two attached hydrogens (primary N) is 1. The van der Waals surface area contributed by atoms with Gasteiger partial charge in [-0.3, -0.25) is 4.79 Å². The highest BCUT2D eigenvalue weighted by atomic mass is 19.4. The normalized spacial score (nSPS) is 14.8. The maximum atomic E-state index is 12.4. The molecule has 1 aromatic rings. The zero-order valence-electron chi connectivity index (χ0n) is 10.8. The number of halogens is 3. The average molecular weight is 274 g/mol. The van der Waals surface area contributed by atoms with Crippen LogP contribution in [0.3, 0.4) is 0 Å². The smallest absolute Gasteiger partial charge is 0.352 e. The standard InChI is InChI=1S/C13H17F3N2O/c1-8(18-12(19)9(2)17)7-10-3-5-11(6-4-10)13(14,15)16/h3-6,8-9H,7,17H2,1-2H3,(H,18,19)/t8?,9-/m0/s1. The summed E-state index contributed by atoms with van der Waals surface area (Å²) >= 11 is 0. The molecule has 1 rings (SSSR count). The molecule has 0 aliphatic rings. The second-order valence-corrected chi connectivity index (χ2v) is 4.60. The van der Waals surface area contributed by atoms with Crippen molar-refractivity contribution in [3.63, 3.8) is 0 Å². The first-order chi connectivity index (χ1) is 8.70. The largest absolute Gasteiger partial charge is 0.416 e. The summed E-state index contributed by atoms with van der Waals surface area (Å²) in [6.07, 6.45) is -3.87. The second-order valence-electron chi connectivity index (χ2n) is 4.60. The minimum absolute atomic E-state index is 0.185. The van der Waals surface area contributed by atoms with Gasteiger partial charge in [-0.2, -0.15) is 13.2 Å². The molecule has 0 radical (unpaired) electrons. The van der Waals surface area contributed by atoms with Crippen molar-refractivity contribution in [2.24, 2.45) is 5.73 Å². The number of amides is 1. The van der Waals surface area contributed by atoms with Crippen LogP contribution in [0, 0.1) is 0 Å².